The van der Waals surface area contributed by atoms with Crippen molar-refractivity contribution in [2.45, 2.75) is 251 Å². The molecule has 0 aliphatic carbocycles. The minimum atomic E-state index is -0.954. The molecule has 1 unspecified atom stereocenters. The number of ether oxygens (including phenoxy) is 1. The summed E-state index contributed by atoms with van der Waals surface area (Å²) in [5.74, 6) is -0.927. The molecule has 0 heterocycles. The van der Waals surface area contributed by atoms with Crippen LogP contribution in [0.1, 0.15) is 245 Å². The monoisotopic (exact) mass is 699 g/mol. The van der Waals surface area contributed by atoms with E-state index in [4.69, 9.17) is 20.1 Å². The second-order valence-corrected chi connectivity index (χ2v) is 14.7. The second kappa shape index (κ2) is 44.9. The molecular weight excluding hydrogens is 612 g/mol. The first-order valence-electron chi connectivity index (χ1n) is 21.6. The maximum atomic E-state index is 11.4. The van der Waals surface area contributed by atoms with Gasteiger partial charge in [0.1, 0.15) is 12.7 Å². The van der Waals surface area contributed by atoms with E-state index in [-0.39, 0.29) is 19.2 Å². The summed E-state index contributed by atoms with van der Waals surface area (Å²) in [5.41, 5.74) is 0. The molecule has 0 aliphatic heterocycles. The van der Waals surface area contributed by atoms with Crippen LogP contribution < -0.4 is 0 Å². The first-order chi connectivity index (χ1) is 24.0. The molecule has 0 aromatic heterocycles. The summed E-state index contributed by atoms with van der Waals surface area (Å²) in [6.45, 7) is 4.08. The number of aliphatic carboxylic acids is 1. The molecule has 49 heavy (non-hydrogen) atoms. The normalized spacial score (nSPS) is 11.7. The molecule has 6 heteroatoms. The first-order valence-corrected chi connectivity index (χ1v) is 21.6. The third-order valence-electron chi connectivity index (χ3n) is 9.63. The van der Waals surface area contributed by atoms with Gasteiger partial charge in [-0.25, -0.2) is 0 Å². The van der Waals surface area contributed by atoms with E-state index in [1.54, 1.807) is 0 Å². The van der Waals surface area contributed by atoms with Crippen LogP contribution in [-0.4, -0.2) is 46.6 Å². The summed E-state index contributed by atoms with van der Waals surface area (Å²) in [7, 11) is 0. The summed E-state index contributed by atoms with van der Waals surface area (Å²) in [6.07, 6.45) is 45.1. The zero-order chi connectivity index (χ0) is 36.3. The molecule has 3 N–H and O–H groups in total. The maximum Gasteiger partial charge on any atom is 0.305 e. The van der Waals surface area contributed by atoms with Crippen molar-refractivity contribution >= 4 is 11.9 Å². The van der Waals surface area contributed by atoms with Gasteiger partial charge in [-0.1, -0.05) is 219 Å². The fourth-order valence-corrected chi connectivity index (χ4v) is 6.31. The lowest BCUT2D eigenvalue weighted by Gasteiger charge is -2.08. The van der Waals surface area contributed by atoms with Gasteiger partial charge in [-0.3, -0.25) is 9.59 Å². The van der Waals surface area contributed by atoms with Crippen molar-refractivity contribution in [2.24, 2.45) is 0 Å². The highest BCUT2D eigenvalue weighted by Crippen LogP contribution is 2.16. The Morgan fingerprint density at radius 2 is 0.673 bits per heavy atom. The predicted molar refractivity (Wildman–Crippen MR) is 209 cm³/mol. The number of carboxylic acid groups (broad SMARTS) is 1. The number of unbranched alkanes of at least 4 members (excludes halogenated alkanes) is 32. The molecule has 0 aromatic rings. The molecule has 0 radical (unpaired) electrons. The number of hydrogen-bond acceptors (Lipinski definition) is 5. The molecule has 6 nitrogen and oxygen atoms in total. The van der Waals surface area contributed by atoms with E-state index in [1.807, 2.05) is 0 Å². The molecule has 0 aliphatic rings. The van der Waals surface area contributed by atoms with Crippen molar-refractivity contribution in [1.29, 1.82) is 0 Å². The van der Waals surface area contributed by atoms with Crippen LogP contribution in [0.2, 0.25) is 0 Å². The first kappa shape index (κ1) is 50.0. The molecule has 0 amide bonds. The molecule has 1 atom stereocenters. The Bertz CT molecular complexity index is 640. The quantitative estimate of drug-likeness (QED) is 0.0436. The van der Waals surface area contributed by atoms with Gasteiger partial charge in [0, 0.05) is 12.8 Å². The van der Waals surface area contributed by atoms with Gasteiger partial charge < -0.3 is 20.1 Å². The average Bonchev–Trinajstić information content (AvgIpc) is 3.10. The SMILES string of the molecule is CCCCCCCCCCCCCCCCCC(=O)OCC(O)CO.CCCCCCCCCCCCCCCCCCCCCC(=O)O. The number of esters is 1. The highest BCUT2D eigenvalue weighted by Gasteiger charge is 2.07. The molecule has 0 rings (SSSR count). The van der Waals surface area contributed by atoms with Crippen LogP contribution in [0.15, 0.2) is 0 Å². The van der Waals surface area contributed by atoms with Crippen molar-refractivity contribution in [3.63, 3.8) is 0 Å². The Balaban J connectivity index is 0. The lowest BCUT2D eigenvalue weighted by Crippen LogP contribution is -2.21. The number of carbonyl (C=O) groups excluding carboxylic acids is 1. The lowest BCUT2D eigenvalue weighted by atomic mass is 10.0. The molecule has 0 saturated heterocycles. The van der Waals surface area contributed by atoms with Gasteiger partial charge in [-0.2, -0.15) is 0 Å². The lowest BCUT2D eigenvalue weighted by molar-refractivity contribution is -0.147. The van der Waals surface area contributed by atoms with E-state index in [0.29, 0.717) is 12.8 Å². The third-order valence-corrected chi connectivity index (χ3v) is 9.63. The van der Waals surface area contributed by atoms with Gasteiger partial charge in [0.25, 0.3) is 0 Å². The summed E-state index contributed by atoms with van der Waals surface area (Å²) in [5, 5.41) is 26.3. The Morgan fingerprint density at radius 1 is 0.429 bits per heavy atom. The van der Waals surface area contributed by atoms with Crippen LogP contribution in [0.3, 0.4) is 0 Å². The molecule has 0 aromatic carbocycles. The Hall–Kier alpha value is -1.14. The van der Waals surface area contributed by atoms with E-state index in [1.165, 1.54) is 193 Å². The molecule has 0 fully saturated rings. The van der Waals surface area contributed by atoms with Crippen molar-refractivity contribution < 1.29 is 29.6 Å². The van der Waals surface area contributed by atoms with Crippen molar-refractivity contribution in [2.75, 3.05) is 13.2 Å². The number of carbonyl (C=O) groups is 2. The van der Waals surface area contributed by atoms with E-state index in [9.17, 15) is 9.59 Å². The van der Waals surface area contributed by atoms with Gasteiger partial charge in [0.2, 0.25) is 0 Å². The van der Waals surface area contributed by atoms with Gasteiger partial charge in [0.05, 0.1) is 6.61 Å². The Morgan fingerprint density at radius 3 is 0.918 bits per heavy atom. The Kier molecular flexibility index (Phi) is 45.8. The standard InChI is InChI=1S/C22H44O2.C21H42O4/c1-2-3-4-5-6-7-8-9-10-11-12-13-14-15-16-17-18-19-20-21-22(23)24;1-2-3-4-5-6-7-8-9-10-11-12-13-14-15-16-17-21(24)25-19-20(23)18-22/h2-21H2,1H3,(H,23,24);20,22-23H,2-19H2,1H3. The number of aliphatic hydroxyl groups excluding tert-OH is 2. The molecular formula is C43H86O6. The molecule has 294 valence electrons. The summed E-state index contributed by atoms with van der Waals surface area (Å²) < 4.78 is 4.86. The van der Waals surface area contributed by atoms with Crippen molar-refractivity contribution in [1.82, 2.24) is 0 Å². The van der Waals surface area contributed by atoms with Gasteiger partial charge in [-0.15, -0.1) is 0 Å². The van der Waals surface area contributed by atoms with Crippen LogP contribution in [0.4, 0.5) is 0 Å². The van der Waals surface area contributed by atoms with Gasteiger partial charge in [-0.05, 0) is 12.8 Å². The average molecular weight is 699 g/mol. The summed E-state index contributed by atoms with van der Waals surface area (Å²) in [4.78, 5) is 21.8. The minimum absolute atomic E-state index is 0.103. The number of carboxylic acids is 1. The largest absolute Gasteiger partial charge is 0.481 e. The predicted octanol–water partition coefficient (Wildman–Crippen LogP) is 13.0. The van der Waals surface area contributed by atoms with Crippen LogP contribution in [0.5, 0.6) is 0 Å². The zero-order valence-electron chi connectivity index (χ0n) is 33.0. The van der Waals surface area contributed by atoms with E-state index in [0.717, 1.165) is 25.7 Å². The van der Waals surface area contributed by atoms with E-state index < -0.39 is 12.1 Å². The molecule has 0 saturated carbocycles. The van der Waals surface area contributed by atoms with Crippen LogP contribution in [0, 0.1) is 0 Å². The molecule has 0 spiro atoms. The Labute approximate surface area is 305 Å². The zero-order valence-corrected chi connectivity index (χ0v) is 33.0. The van der Waals surface area contributed by atoms with Crippen molar-refractivity contribution in [3.05, 3.63) is 0 Å². The molecule has 0 bridgehead atoms. The maximum absolute atomic E-state index is 11.4. The van der Waals surface area contributed by atoms with Gasteiger partial charge in [0.15, 0.2) is 0 Å². The minimum Gasteiger partial charge on any atom is -0.481 e. The fourth-order valence-electron chi connectivity index (χ4n) is 6.31. The number of aliphatic hydroxyl groups is 2. The van der Waals surface area contributed by atoms with E-state index in [2.05, 4.69) is 13.8 Å². The second-order valence-electron chi connectivity index (χ2n) is 14.7. The van der Waals surface area contributed by atoms with Crippen molar-refractivity contribution in [3.8, 4) is 0 Å². The van der Waals surface area contributed by atoms with Gasteiger partial charge >= 0.3 is 11.9 Å². The number of rotatable bonds is 39. The number of hydrogen-bond donors (Lipinski definition) is 3. The fraction of sp³-hybridized carbons (Fsp3) is 0.953. The van der Waals surface area contributed by atoms with E-state index >= 15 is 0 Å². The smallest absolute Gasteiger partial charge is 0.305 e. The summed E-state index contributed by atoms with van der Waals surface area (Å²) in [6, 6.07) is 0. The van der Waals surface area contributed by atoms with Crippen LogP contribution in [0.25, 0.3) is 0 Å². The topological polar surface area (TPSA) is 104 Å². The third kappa shape index (κ3) is 49.0. The van der Waals surface area contributed by atoms with Crippen LogP contribution >= 0.6 is 0 Å². The highest BCUT2D eigenvalue weighted by molar-refractivity contribution is 5.69. The summed E-state index contributed by atoms with van der Waals surface area (Å²) >= 11 is 0. The van der Waals surface area contributed by atoms with Crippen LogP contribution in [-0.2, 0) is 14.3 Å². The highest BCUT2D eigenvalue weighted by atomic mass is 16.5.